The Morgan fingerprint density at radius 2 is 2.35 bits per heavy atom. The van der Waals surface area contributed by atoms with E-state index in [1.54, 1.807) is 13.2 Å². The molecule has 0 unspecified atom stereocenters. The van der Waals surface area contributed by atoms with Crippen LogP contribution in [0, 0.1) is 5.41 Å². The van der Waals surface area contributed by atoms with Gasteiger partial charge in [-0.15, -0.1) is 0 Å². The van der Waals surface area contributed by atoms with Crippen molar-refractivity contribution in [2.24, 2.45) is 12.5 Å². The van der Waals surface area contributed by atoms with E-state index < -0.39 is 0 Å². The van der Waals surface area contributed by atoms with Gasteiger partial charge >= 0.3 is 0 Å². The molecule has 1 N–H and O–H groups in total. The SMILES string of the molecule is CCO[C@H]1C[C@@H](Nc2cnn(C)c(=O)c2Br)C12CCC2. The quantitative estimate of drug-likeness (QED) is 0.912. The third-order valence-electron chi connectivity index (χ3n) is 4.85. The first kappa shape index (κ1) is 14.1. The Hall–Kier alpha value is -0.880. The highest BCUT2D eigenvalue weighted by Crippen LogP contribution is 2.58. The summed E-state index contributed by atoms with van der Waals surface area (Å²) in [6, 6.07) is 0.387. The first-order valence-corrected chi connectivity index (χ1v) is 7.97. The van der Waals surface area contributed by atoms with Crippen LogP contribution in [0.4, 0.5) is 5.69 Å². The van der Waals surface area contributed by atoms with Gasteiger partial charge < -0.3 is 10.1 Å². The first-order chi connectivity index (χ1) is 9.58. The van der Waals surface area contributed by atoms with Crippen molar-refractivity contribution in [2.75, 3.05) is 11.9 Å². The monoisotopic (exact) mass is 341 g/mol. The summed E-state index contributed by atoms with van der Waals surface area (Å²) in [5.41, 5.74) is 0.953. The maximum atomic E-state index is 11.9. The van der Waals surface area contributed by atoms with Crippen LogP contribution in [0.2, 0.25) is 0 Å². The summed E-state index contributed by atoms with van der Waals surface area (Å²) >= 11 is 3.37. The van der Waals surface area contributed by atoms with Gasteiger partial charge in [-0.05, 0) is 42.1 Å². The van der Waals surface area contributed by atoms with Gasteiger partial charge in [0.15, 0.2) is 0 Å². The van der Waals surface area contributed by atoms with E-state index >= 15 is 0 Å². The summed E-state index contributed by atoms with van der Waals surface area (Å²) in [5, 5.41) is 7.57. The minimum Gasteiger partial charge on any atom is -0.379 e. The van der Waals surface area contributed by atoms with Crippen LogP contribution in [-0.2, 0) is 11.8 Å². The second-order valence-corrected chi connectivity index (χ2v) is 6.56. The van der Waals surface area contributed by atoms with E-state index in [2.05, 4.69) is 33.3 Å². The van der Waals surface area contributed by atoms with Gasteiger partial charge in [0.1, 0.15) is 4.47 Å². The van der Waals surface area contributed by atoms with Gasteiger partial charge in [-0.2, -0.15) is 5.10 Å². The van der Waals surface area contributed by atoms with Crippen molar-refractivity contribution in [3.63, 3.8) is 0 Å². The van der Waals surface area contributed by atoms with Crippen LogP contribution in [0.25, 0.3) is 0 Å². The zero-order valence-electron chi connectivity index (χ0n) is 11.9. The van der Waals surface area contributed by atoms with Gasteiger partial charge in [0.05, 0.1) is 18.0 Å². The van der Waals surface area contributed by atoms with Gasteiger partial charge in [0.25, 0.3) is 5.56 Å². The van der Waals surface area contributed by atoms with Gasteiger partial charge in [0.2, 0.25) is 0 Å². The van der Waals surface area contributed by atoms with Crippen molar-refractivity contribution < 1.29 is 4.74 Å². The molecule has 2 aliphatic rings. The average molecular weight is 342 g/mol. The Bertz CT molecular complexity index is 568. The summed E-state index contributed by atoms with van der Waals surface area (Å²) < 4.78 is 7.73. The minimum absolute atomic E-state index is 0.113. The molecule has 1 aromatic rings. The number of aryl methyl sites for hydroxylation is 1. The topological polar surface area (TPSA) is 56.1 Å². The number of aromatic nitrogens is 2. The molecule has 2 aliphatic carbocycles. The first-order valence-electron chi connectivity index (χ1n) is 7.18. The molecule has 1 aromatic heterocycles. The van der Waals surface area contributed by atoms with Crippen molar-refractivity contribution in [2.45, 2.75) is 44.8 Å². The second kappa shape index (κ2) is 5.15. The fourth-order valence-corrected chi connectivity index (χ4v) is 3.91. The number of hydrogen-bond donors (Lipinski definition) is 1. The fourth-order valence-electron chi connectivity index (χ4n) is 3.44. The van der Waals surface area contributed by atoms with Crippen molar-refractivity contribution in [1.82, 2.24) is 9.78 Å². The normalized spacial score (nSPS) is 26.9. The van der Waals surface area contributed by atoms with Gasteiger partial charge in [-0.25, -0.2) is 4.68 Å². The molecular formula is C14H20BrN3O2. The van der Waals surface area contributed by atoms with Crippen LogP contribution in [0.15, 0.2) is 15.5 Å². The number of nitrogens with zero attached hydrogens (tertiary/aromatic N) is 2. The fraction of sp³-hybridized carbons (Fsp3) is 0.714. The molecule has 2 atom stereocenters. The Balaban J connectivity index is 1.76. The Morgan fingerprint density at radius 3 is 2.95 bits per heavy atom. The summed E-state index contributed by atoms with van der Waals surface area (Å²) in [7, 11) is 1.65. The highest BCUT2D eigenvalue weighted by molar-refractivity contribution is 9.10. The average Bonchev–Trinajstić information content (AvgIpc) is 2.35. The van der Waals surface area contributed by atoms with Crippen molar-refractivity contribution in [3.8, 4) is 0 Å². The van der Waals surface area contributed by atoms with Crippen LogP contribution in [0.5, 0.6) is 0 Å². The number of ether oxygens (including phenoxy) is 1. The van der Waals surface area contributed by atoms with E-state index in [9.17, 15) is 4.79 Å². The highest BCUT2D eigenvalue weighted by atomic mass is 79.9. The molecule has 0 saturated heterocycles. The van der Waals surface area contributed by atoms with Gasteiger partial charge in [0, 0.05) is 25.1 Å². The zero-order valence-corrected chi connectivity index (χ0v) is 13.4. The standard InChI is InChI=1S/C14H20BrN3O2/c1-3-20-11-7-10(14(11)5-4-6-14)17-9-8-16-18(2)13(19)12(9)15/h8,10-11,17H,3-7H2,1-2H3/t10-,11+/m1/s1. The molecule has 2 fully saturated rings. The molecule has 0 aliphatic heterocycles. The molecule has 110 valence electrons. The molecule has 0 radical (unpaired) electrons. The third-order valence-corrected chi connectivity index (χ3v) is 5.61. The lowest BCUT2D eigenvalue weighted by molar-refractivity contribution is -0.157. The minimum atomic E-state index is -0.113. The lowest BCUT2D eigenvalue weighted by atomic mass is 9.51. The van der Waals surface area contributed by atoms with Crippen molar-refractivity contribution in [1.29, 1.82) is 0 Å². The third kappa shape index (κ3) is 2.00. The maximum absolute atomic E-state index is 11.9. The van der Waals surface area contributed by atoms with E-state index in [-0.39, 0.29) is 11.0 Å². The number of anilines is 1. The zero-order chi connectivity index (χ0) is 14.3. The predicted octanol–water partition coefficient (Wildman–Crippen LogP) is 2.30. The van der Waals surface area contributed by atoms with Crippen molar-refractivity contribution in [3.05, 3.63) is 21.0 Å². The second-order valence-electron chi connectivity index (χ2n) is 5.76. The van der Waals surface area contributed by atoms with E-state index in [4.69, 9.17) is 4.74 Å². The highest BCUT2D eigenvalue weighted by Gasteiger charge is 2.59. The lowest BCUT2D eigenvalue weighted by Crippen LogP contribution is -2.64. The van der Waals surface area contributed by atoms with Crippen LogP contribution >= 0.6 is 15.9 Å². The van der Waals surface area contributed by atoms with Crippen LogP contribution in [0.1, 0.15) is 32.6 Å². The molecule has 0 bridgehead atoms. The molecule has 5 nitrogen and oxygen atoms in total. The van der Waals surface area contributed by atoms with E-state index in [1.807, 2.05) is 0 Å². The predicted molar refractivity (Wildman–Crippen MR) is 80.9 cm³/mol. The molecule has 6 heteroatoms. The Labute approximate surface area is 126 Å². The summed E-state index contributed by atoms with van der Waals surface area (Å²) in [5.74, 6) is 0. The van der Waals surface area contributed by atoms with E-state index in [1.165, 1.54) is 23.9 Å². The van der Waals surface area contributed by atoms with Crippen molar-refractivity contribution >= 4 is 21.6 Å². The molecular weight excluding hydrogens is 322 g/mol. The maximum Gasteiger partial charge on any atom is 0.282 e. The Morgan fingerprint density at radius 1 is 1.60 bits per heavy atom. The summed E-state index contributed by atoms with van der Waals surface area (Å²) in [6.45, 7) is 2.82. The molecule has 1 heterocycles. The summed E-state index contributed by atoms with van der Waals surface area (Å²) in [6.07, 6.45) is 6.80. The van der Waals surface area contributed by atoms with E-state index in [0.717, 1.165) is 18.7 Å². The number of halogens is 1. The molecule has 20 heavy (non-hydrogen) atoms. The molecule has 3 rings (SSSR count). The lowest BCUT2D eigenvalue weighted by Gasteiger charge is -2.61. The smallest absolute Gasteiger partial charge is 0.282 e. The molecule has 0 amide bonds. The largest absolute Gasteiger partial charge is 0.379 e. The van der Waals surface area contributed by atoms with Crippen LogP contribution in [0.3, 0.4) is 0 Å². The molecule has 0 aromatic carbocycles. The van der Waals surface area contributed by atoms with Gasteiger partial charge in [-0.1, -0.05) is 6.42 Å². The number of hydrogen-bond acceptors (Lipinski definition) is 4. The number of rotatable bonds is 4. The molecule has 2 saturated carbocycles. The number of nitrogens with one attached hydrogen (secondary N) is 1. The Kier molecular flexibility index (Phi) is 3.62. The summed E-state index contributed by atoms with van der Waals surface area (Å²) in [4.78, 5) is 11.9. The molecule has 1 spiro atoms. The van der Waals surface area contributed by atoms with Crippen LogP contribution < -0.4 is 10.9 Å². The van der Waals surface area contributed by atoms with Gasteiger partial charge in [-0.3, -0.25) is 4.79 Å². The van der Waals surface area contributed by atoms with E-state index in [0.29, 0.717) is 16.6 Å². The van der Waals surface area contributed by atoms with Crippen LogP contribution in [-0.4, -0.2) is 28.5 Å².